The molecule has 1 saturated carbocycles. The maximum Gasteiger partial charge on any atom is 0.407 e. The molecule has 0 aliphatic heterocycles. The van der Waals surface area contributed by atoms with Gasteiger partial charge in [-0.25, -0.2) is 4.79 Å². The number of amides is 1. The Kier molecular flexibility index (Phi) is 5.01. The zero-order valence-corrected chi connectivity index (χ0v) is 11.6. The molecule has 1 N–H and O–H groups in total. The minimum absolute atomic E-state index is 0.140. The lowest BCUT2D eigenvalue weighted by Gasteiger charge is -2.42. The van der Waals surface area contributed by atoms with E-state index in [2.05, 4.69) is 6.07 Å². The molecule has 102 valence electrons. The normalized spacial score (nSPS) is 24.3. The Morgan fingerprint density at radius 2 is 1.89 bits per heavy atom. The molecule has 4 nitrogen and oxygen atoms in total. The molecule has 0 aromatic carbocycles. The van der Waals surface area contributed by atoms with Crippen molar-refractivity contribution in [2.75, 3.05) is 0 Å². The average molecular weight is 252 g/mol. The van der Waals surface area contributed by atoms with Crippen LogP contribution in [0, 0.1) is 17.2 Å². The lowest BCUT2D eigenvalue weighted by molar-refractivity contribution is 0.0499. The fourth-order valence-electron chi connectivity index (χ4n) is 2.95. The van der Waals surface area contributed by atoms with Gasteiger partial charge in [0.2, 0.25) is 0 Å². The smallest absolute Gasteiger partial charge is 0.407 e. The summed E-state index contributed by atoms with van der Waals surface area (Å²) in [4.78, 5) is 13.0. The second-order valence-electron chi connectivity index (χ2n) is 6.19. The largest absolute Gasteiger partial charge is 0.465 e. The molecule has 0 radical (unpaired) electrons. The Morgan fingerprint density at radius 3 is 2.28 bits per heavy atom. The highest BCUT2D eigenvalue weighted by molar-refractivity contribution is 5.66. The summed E-state index contributed by atoms with van der Waals surface area (Å²) in [7, 11) is 0. The lowest BCUT2D eigenvalue weighted by Crippen LogP contribution is -2.52. The molecule has 1 aliphatic carbocycles. The molecule has 0 saturated heterocycles. The van der Waals surface area contributed by atoms with Gasteiger partial charge in [-0.05, 0) is 58.8 Å². The maximum absolute atomic E-state index is 11.4. The maximum atomic E-state index is 11.4. The lowest BCUT2D eigenvalue weighted by atomic mass is 9.82. The van der Waals surface area contributed by atoms with Crippen molar-refractivity contribution in [2.24, 2.45) is 5.92 Å². The van der Waals surface area contributed by atoms with Crippen molar-refractivity contribution < 1.29 is 9.90 Å². The standard InChI is InChI=1S/C14H24N2O2/c1-14(2,3)16(13(17)18)12-8-6-11(7-9-12)5-4-10-15/h11-12H,4-9H2,1-3H3,(H,17,18). The first kappa shape index (κ1) is 14.8. The SMILES string of the molecule is CC(C)(C)N(C(=O)O)C1CCC(CCC#N)CC1. The highest BCUT2D eigenvalue weighted by Gasteiger charge is 2.35. The van der Waals surface area contributed by atoms with Gasteiger partial charge in [0.1, 0.15) is 0 Å². The first-order valence-electron chi connectivity index (χ1n) is 6.75. The monoisotopic (exact) mass is 252 g/mol. The Bertz CT molecular complexity index is 320. The summed E-state index contributed by atoms with van der Waals surface area (Å²) in [5, 5.41) is 17.9. The Labute approximate surface area is 110 Å². The molecule has 0 heterocycles. The number of nitriles is 1. The number of carboxylic acid groups (broad SMARTS) is 1. The Hall–Kier alpha value is -1.24. The average Bonchev–Trinajstić information content (AvgIpc) is 2.25. The van der Waals surface area contributed by atoms with E-state index in [0.717, 1.165) is 32.1 Å². The summed E-state index contributed by atoms with van der Waals surface area (Å²) in [6.45, 7) is 5.84. The third-order valence-electron chi connectivity index (χ3n) is 3.77. The van der Waals surface area contributed by atoms with Gasteiger partial charge in [-0.15, -0.1) is 0 Å². The van der Waals surface area contributed by atoms with Gasteiger partial charge < -0.3 is 10.0 Å². The van der Waals surface area contributed by atoms with Gasteiger partial charge in [-0.3, -0.25) is 0 Å². The van der Waals surface area contributed by atoms with E-state index in [1.165, 1.54) is 0 Å². The molecular weight excluding hydrogens is 228 g/mol. The quantitative estimate of drug-likeness (QED) is 0.834. The zero-order chi connectivity index (χ0) is 13.8. The first-order chi connectivity index (χ1) is 8.36. The van der Waals surface area contributed by atoms with Crippen molar-refractivity contribution in [3.8, 4) is 6.07 Å². The second kappa shape index (κ2) is 6.08. The van der Waals surface area contributed by atoms with E-state index in [1.54, 1.807) is 4.90 Å². The molecule has 1 aliphatic rings. The van der Waals surface area contributed by atoms with E-state index in [-0.39, 0.29) is 11.6 Å². The van der Waals surface area contributed by atoms with Crippen LogP contribution in [0.1, 0.15) is 59.3 Å². The van der Waals surface area contributed by atoms with E-state index < -0.39 is 6.09 Å². The van der Waals surface area contributed by atoms with Gasteiger partial charge in [0.15, 0.2) is 0 Å². The second-order valence-corrected chi connectivity index (χ2v) is 6.19. The zero-order valence-electron chi connectivity index (χ0n) is 11.6. The molecule has 1 rings (SSSR count). The van der Waals surface area contributed by atoms with Crippen molar-refractivity contribution >= 4 is 6.09 Å². The van der Waals surface area contributed by atoms with E-state index in [9.17, 15) is 9.90 Å². The molecule has 18 heavy (non-hydrogen) atoms. The molecule has 4 heteroatoms. The molecule has 1 fully saturated rings. The molecule has 0 atom stereocenters. The predicted molar refractivity (Wildman–Crippen MR) is 70.2 cm³/mol. The molecule has 0 aromatic rings. The van der Waals surface area contributed by atoms with Crippen molar-refractivity contribution in [2.45, 2.75) is 70.9 Å². The fourth-order valence-corrected chi connectivity index (χ4v) is 2.95. The Balaban J connectivity index is 2.55. The van der Waals surface area contributed by atoms with Crippen molar-refractivity contribution in [1.29, 1.82) is 5.26 Å². The van der Waals surface area contributed by atoms with Crippen molar-refractivity contribution in [3.63, 3.8) is 0 Å². The third kappa shape index (κ3) is 3.90. The summed E-state index contributed by atoms with van der Waals surface area (Å²) in [6, 6.07) is 2.33. The molecule has 0 spiro atoms. The third-order valence-corrected chi connectivity index (χ3v) is 3.77. The summed E-state index contributed by atoms with van der Waals surface area (Å²) < 4.78 is 0. The van der Waals surface area contributed by atoms with Gasteiger partial charge in [0.25, 0.3) is 0 Å². The van der Waals surface area contributed by atoms with Crippen LogP contribution in [0.5, 0.6) is 0 Å². The van der Waals surface area contributed by atoms with Crippen molar-refractivity contribution in [1.82, 2.24) is 4.90 Å². The highest BCUT2D eigenvalue weighted by atomic mass is 16.4. The van der Waals surface area contributed by atoms with Gasteiger partial charge in [0.05, 0.1) is 6.07 Å². The highest BCUT2D eigenvalue weighted by Crippen LogP contribution is 2.33. The molecule has 0 aromatic heterocycles. The van der Waals surface area contributed by atoms with Gasteiger partial charge in [0, 0.05) is 18.0 Å². The molecule has 0 bridgehead atoms. The van der Waals surface area contributed by atoms with Crippen LogP contribution in [-0.2, 0) is 0 Å². The van der Waals surface area contributed by atoms with Gasteiger partial charge >= 0.3 is 6.09 Å². The van der Waals surface area contributed by atoms with Crippen LogP contribution < -0.4 is 0 Å². The summed E-state index contributed by atoms with van der Waals surface area (Å²) >= 11 is 0. The Morgan fingerprint density at radius 1 is 1.33 bits per heavy atom. The molecule has 0 unspecified atom stereocenters. The van der Waals surface area contributed by atoms with Crippen LogP contribution in [-0.4, -0.2) is 27.7 Å². The van der Waals surface area contributed by atoms with Crippen LogP contribution >= 0.6 is 0 Å². The number of rotatable bonds is 3. The van der Waals surface area contributed by atoms with Crippen LogP contribution in [0.4, 0.5) is 4.79 Å². The first-order valence-corrected chi connectivity index (χ1v) is 6.75. The predicted octanol–water partition coefficient (Wildman–Crippen LogP) is 3.63. The van der Waals surface area contributed by atoms with E-state index in [0.29, 0.717) is 12.3 Å². The number of hydrogen-bond donors (Lipinski definition) is 1. The minimum atomic E-state index is -0.817. The van der Waals surface area contributed by atoms with Gasteiger partial charge in [-0.2, -0.15) is 5.26 Å². The minimum Gasteiger partial charge on any atom is -0.465 e. The van der Waals surface area contributed by atoms with E-state index in [4.69, 9.17) is 5.26 Å². The van der Waals surface area contributed by atoms with Crippen LogP contribution in [0.2, 0.25) is 0 Å². The summed E-state index contributed by atoms with van der Waals surface area (Å²) in [6.07, 6.45) is 4.73. The van der Waals surface area contributed by atoms with Crippen LogP contribution in [0.3, 0.4) is 0 Å². The fraction of sp³-hybridized carbons (Fsp3) is 0.857. The van der Waals surface area contributed by atoms with Gasteiger partial charge in [-0.1, -0.05) is 0 Å². The van der Waals surface area contributed by atoms with Crippen molar-refractivity contribution in [3.05, 3.63) is 0 Å². The summed E-state index contributed by atoms with van der Waals surface area (Å²) in [5.41, 5.74) is -0.337. The molecular formula is C14H24N2O2. The number of nitrogens with zero attached hydrogens (tertiary/aromatic N) is 2. The van der Waals surface area contributed by atoms with E-state index >= 15 is 0 Å². The molecule has 1 amide bonds. The topological polar surface area (TPSA) is 64.3 Å². The summed E-state index contributed by atoms with van der Waals surface area (Å²) in [5.74, 6) is 0.608. The van der Waals surface area contributed by atoms with Crippen LogP contribution in [0.15, 0.2) is 0 Å². The number of hydrogen-bond acceptors (Lipinski definition) is 2. The van der Waals surface area contributed by atoms with E-state index in [1.807, 2.05) is 20.8 Å². The van der Waals surface area contributed by atoms with Crippen LogP contribution in [0.25, 0.3) is 0 Å². The number of carbonyl (C=O) groups is 1.